The van der Waals surface area contributed by atoms with Crippen LogP contribution in [0.2, 0.25) is 0 Å². The molecule has 0 radical (unpaired) electrons. The second kappa shape index (κ2) is 6.84. The average Bonchev–Trinajstić information content (AvgIpc) is 2.25. The molecule has 0 heterocycles. The van der Waals surface area contributed by atoms with Crippen LogP contribution < -0.4 is 10.5 Å². The van der Waals surface area contributed by atoms with Crippen molar-refractivity contribution in [1.82, 2.24) is 0 Å². The van der Waals surface area contributed by atoms with Crippen molar-refractivity contribution in [2.75, 3.05) is 7.11 Å². The fraction of sp³-hybridized carbons (Fsp3) is 0.562. The molecule has 0 fully saturated rings. The molecule has 0 bridgehead atoms. The highest BCUT2D eigenvalue weighted by Crippen LogP contribution is 2.22. The number of hydrogen-bond acceptors (Lipinski definition) is 3. The molecule has 0 aliphatic rings. The van der Waals surface area contributed by atoms with Crippen LogP contribution in [0.15, 0.2) is 18.2 Å². The molecule has 0 aliphatic carbocycles. The van der Waals surface area contributed by atoms with E-state index in [0.29, 0.717) is 12.0 Å². The van der Waals surface area contributed by atoms with Crippen molar-refractivity contribution in [2.24, 2.45) is 11.1 Å². The van der Waals surface area contributed by atoms with E-state index in [4.69, 9.17) is 10.5 Å². The highest BCUT2D eigenvalue weighted by atomic mass is 19.1. The van der Waals surface area contributed by atoms with Gasteiger partial charge in [0.15, 0.2) is 11.6 Å². The number of halogens is 1. The predicted octanol–water partition coefficient (Wildman–Crippen LogP) is 3.10. The van der Waals surface area contributed by atoms with Gasteiger partial charge in [-0.3, -0.25) is 4.79 Å². The minimum Gasteiger partial charge on any atom is -0.494 e. The Morgan fingerprint density at radius 3 is 2.55 bits per heavy atom. The Hall–Kier alpha value is -1.42. The van der Waals surface area contributed by atoms with Gasteiger partial charge in [-0.15, -0.1) is 0 Å². The van der Waals surface area contributed by atoms with E-state index in [0.717, 1.165) is 6.42 Å². The van der Waals surface area contributed by atoms with Gasteiger partial charge in [0.2, 0.25) is 0 Å². The van der Waals surface area contributed by atoms with Crippen molar-refractivity contribution in [3.05, 3.63) is 29.6 Å². The lowest BCUT2D eigenvalue weighted by atomic mass is 9.86. The molecular formula is C16H24FNO2. The van der Waals surface area contributed by atoms with Crippen molar-refractivity contribution in [3.63, 3.8) is 0 Å². The van der Waals surface area contributed by atoms with Gasteiger partial charge in [-0.25, -0.2) is 4.39 Å². The normalized spacial score (nSPS) is 13.1. The van der Waals surface area contributed by atoms with Gasteiger partial charge in [0.1, 0.15) is 5.78 Å². The minimum absolute atomic E-state index is 0.0336. The van der Waals surface area contributed by atoms with E-state index in [2.05, 4.69) is 20.8 Å². The lowest BCUT2D eigenvalue weighted by Gasteiger charge is -2.22. The first-order chi connectivity index (χ1) is 9.21. The number of carbonyl (C=O) groups is 1. The molecule has 0 aliphatic heterocycles. The second-order valence-electron chi connectivity index (χ2n) is 6.41. The Bertz CT molecular complexity index is 466. The summed E-state index contributed by atoms with van der Waals surface area (Å²) < 4.78 is 18.4. The van der Waals surface area contributed by atoms with Crippen LogP contribution in [0.25, 0.3) is 0 Å². The van der Waals surface area contributed by atoms with Crippen LogP contribution in [0.5, 0.6) is 5.75 Å². The third-order valence-corrected chi connectivity index (χ3v) is 2.98. The summed E-state index contributed by atoms with van der Waals surface area (Å²) in [5, 5.41) is 0. The molecule has 1 rings (SSSR count). The van der Waals surface area contributed by atoms with E-state index in [-0.39, 0.29) is 29.4 Å². The van der Waals surface area contributed by atoms with Crippen LogP contribution in [0.3, 0.4) is 0 Å². The first-order valence-electron chi connectivity index (χ1n) is 6.81. The molecule has 1 aromatic rings. The van der Waals surface area contributed by atoms with Gasteiger partial charge in [0, 0.05) is 18.9 Å². The Balaban J connectivity index is 2.56. The molecule has 3 nitrogen and oxygen atoms in total. The second-order valence-corrected chi connectivity index (χ2v) is 6.41. The van der Waals surface area contributed by atoms with E-state index < -0.39 is 5.82 Å². The Labute approximate surface area is 120 Å². The largest absolute Gasteiger partial charge is 0.494 e. The zero-order valence-corrected chi connectivity index (χ0v) is 12.7. The van der Waals surface area contributed by atoms with Crippen LogP contribution in [-0.2, 0) is 11.2 Å². The van der Waals surface area contributed by atoms with Crippen LogP contribution in [0, 0.1) is 11.2 Å². The maximum atomic E-state index is 13.5. The third kappa shape index (κ3) is 5.70. The summed E-state index contributed by atoms with van der Waals surface area (Å²) in [5.41, 5.74) is 6.73. The molecular weight excluding hydrogens is 257 g/mol. The first kappa shape index (κ1) is 16.6. The number of ketones is 1. The Morgan fingerprint density at radius 2 is 2.05 bits per heavy atom. The molecule has 0 saturated carbocycles. The zero-order chi connectivity index (χ0) is 15.3. The summed E-state index contributed by atoms with van der Waals surface area (Å²) in [6, 6.07) is 4.43. The molecule has 0 spiro atoms. The highest BCUT2D eigenvalue weighted by Gasteiger charge is 2.18. The van der Waals surface area contributed by atoms with Gasteiger partial charge in [-0.05, 0) is 29.5 Å². The predicted molar refractivity (Wildman–Crippen MR) is 78.3 cm³/mol. The summed E-state index contributed by atoms with van der Waals surface area (Å²) in [6.45, 7) is 6.28. The van der Waals surface area contributed by atoms with Crippen LogP contribution in [0.1, 0.15) is 39.2 Å². The molecule has 0 aromatic heterocycles. The number of carbonyl (C=O) groups excluding carboxylic acids is 1. The molecule has 112 valence electrons. The molecule has 2 N–H and O–H groups in total. The lowest BCUT2D eigenvalue weighted by molar-refractivity contribution is -0.118. The Kier molecular flexibility index (Phi) is 5.69. The molecule has 20 heavy (non-hydrogen) atoms. The number of methoxy groups -OCH3 is 1. The average molecular weight is 281 g/mol. The number of benzene rings is 1. The van der Waals surface area contributed by atoms with Crippen molar-refractivity contribution in [1.29, 1.82) is 0 Å². The van der Waals surface area contributed by atoms with Crippen molar-refractivity contribution >= 4 is 5.78 Å². The monoisotopic (exact) mass is 281 g/mol. The van der Waals surface area contributed by atoms with Gasteiger partial charge < -0.3 is 10.5 Å². The Morgan fingerprint density at radius 1 is 1.40 bits per heavy atom. The molecule has 1 aromatic carbocycles. The van der Waals surface area contributed by atoms with Gasteiger partial charge in [0.25, 0.3) is 0 Å². The summed E-state index contributed by atoms with van der Waals surface area (Å²) in [7, 11) is 1.41. The van der Waals surface area contributed by atoms with E-state index >= 15 is 0 Å². The van der Waals surface area contributed by atoms with Gasteiger partial charge in [-0.1, -0.05) is 26.8 Å². The molecule has 1 atom stereocenters. The highest BCUT2D eigenvalue weighted by molar-refractivity contribution is 5.81. The zero-order valence-electron chi connectivity index (χ0n) is 12.7. The van der Waals surface area contributed by atoms with Crippen LogP contribution >= 0.6 is 0 Å². The summed E-state index contributed by atoms with van der Waals surface area (Å²) in [5.74, 6) is -0.228. The minimum atomic E-state index is -0.447. The molecule has 0 amide bonds. The number of rotatable bonds is 6. The number of nitrogens with two attached hydrogens (primary N) is 1. The summed E-state index contributed by atoms with van der Waals surface area (Å²) in [4.78, 5) is 11.9. The standard InChI is InChI=1S/C16H24FNO2/c1-16(2,3)10-12(18)9-13(19)7-11-5-6-15(20-4)14(17)8-11/h5-6,8,12H,7,9-10,18H2,1-4H3. The van der Waals surface area contributed by atoms with E-state index in [1.807, 2.05) is 0 Å². The number of ether oxygens (including phenoxy) is 1. The van der Waals surface area contributed by atoms with Crippen molar-refractivity contribution in [3.8, 4) is 5.75 Å². The van der Waals surface area contributed by atoms with E-state index in [1.54, 1.807) is 6.07 Å². The van der Waals surface area contributed by atoms with Crippen LogP contribution in [0.4, 0.5) is 4.39 Å². The molecule has 0 saturated heterocycles. The maximum absolute atomic E-state index is 13.5. The van der Waals surface area contributed by atoms with Gasteiger partial charge in [-0.2, -0.15) is 0 Å². The fourth-order valence-electron chi connectivity index (χ4n) is 2.27. The molecule has 1 unspecified atom stereocenters. The van der Waals surface area contributed by atoms with Crippen LogP contribution in [-0.4, -0.2) is 18.9 Å². The van der Waals surface area contributed by atoms with Gasteiger partial charge >= 0.3 is 0 Å². The van der Waals surface area contributed by atoms with E-state index in [9.17, 15) is 9.18 Å². The van der Waals surface area contributed by atoms with Crippen molar-refractivity contribution < 1.29 is 13.9 Å². The third-order valence-electron chi connectivity index (χ3n) is 2.98. The van der Waals surface area contributed by atoms with Gasteiger partial charge in [0.05, 0.1) is 7.11 Å². The topological polar surface area (TPSA) is 52.3 Å². The SMILES string of the molecule is COc1ccc(CC(=O)CC(N)CC(C)(C)C)cc1F. The smallest absolute Gasteiger partial charge is 0.165 e. The quantitative estimate of drug-likeness (QED) is 0.871. The fourth-order valence-corrected chi connectivity index (χ4v) is 2.27. The van der Waals surface area contributed by atoms with Crippen molar-refractivity contribution in [2.45, 2.75) is 46.1 Å². The van der Waals surface area contributed by atoms with E-state index in [1.165, 1.54) is 19.2 Å². The number of hydrogen-bond donors (Lipinski definition) is 1. The first-order valence-corrected chi connectivity index (χ1v) is 6.81. The molecule has 4 heteroatoms. The maximum Gasteiger partial charge on any atom is 0.165 e. The summed E-state index contributed by atoms with van der Waals surface area (Å²) >= 11 is 0. The number of Topliss-reactive ketones (excluding diaryl/α,β-unsaturated/α-hetero) is 1. The lowest BCUT2D eigenvalue weighted by Crippen LogP contribution is -2.29. The summed E-state index contributed by atoms with van der Waals surface area (Å²) in [6.07, 6.45) is 1.32.